The summed E-state index contributed by atoms with van der Waals surface area (Å²) in [6.45, 7) is 2.35. The van der Waals surface area contributed by atoms with Crippen molar-refractivity contribution >= 4 is 29.7 Å². The number of nitrogens with one attached hydrogen (secondary N) is 2. The number of anilines is 2. The van der Waals surface area contributed by atoms with E-state index < -0.39 is 0 Å². The lowest BCUT2D eigenvalue weighted by atomic mass is 10.0. The first-order chi connectivity index (χ1) is 16.5. The highest BCUT2D eigenvalue weighted by Crippen LogP contribution is 2.22. The molecule has 0 aliphatic rings. The summed E-state index contributed by atoms with van der Waals surface area (Å²) in [5.74, 6) is -0.0251. The van der Waals surface area contributed by atoms with Gasteiger partial charge in [0.05, 0.1) is 0 Å². The molecule has 4 aromatic carbocycles. The van der Waals surface area contributed by atoms with Gasteiger partial charge in [-0.25, -0.2) is 0 Å². The average molecular weight is 450 g/mol. The van der Waals surface area contributed by atoms with Gasteiger partial charge in [0.15, 0.2) is 0 Å². The average Bonchev–Trinajstić information content (AvgIpc) is 2.87. The molecule has 0 aromatic heterocycles. The molecule has 0 aliphatic carbocycles. The molecule has 0 bridgehead atoms. The number of benzene rings is 4. The third kappa shape index (κ3) is 5.55. The summed E-state index contributed by atoms with van der Waals surface area (Å²) < 4.78 is 4.74. The van der Waals surface area contributed by atoms with Crippen LogP contribution in [0.15, 0.2) is 97.1 Å². The molecule has 0 spiro atoms. The molecule has 0 aliphatic heterocycles. The summed E-state index contributed by atoms with van der Waals surface area (Å²) in [6, 6.07) is 28.6. The second-order valence-corrected chi connectivity index (χ2v) is 7.67. The number of amides is 2. The SMILES string of the molecule is Cc1ccc(NC(=O)c2ccc(-c3ccc(C(=O)Nc4ccc(OC=O)cc4)cc3)cc2)cc1. The third-order valence-electron chi connectivity index (χ3n) is 5.23. The fraction of sp³-hybridized carbons (Fsp3) is 0.0357. The minimum absolute atomic E-state index is 0.173. The minimum Gasteiger partial charge on any atom is -0.429 e. The molecule has 0 saturated carbocycles. The van der Waals surface area contributed by atoms with E-state index in [1.54, 1.807) is 48.5 Å². The molecule has 4 aromatic rings. The first-order valence-electron chi connectivity index (χ1n) is 10.6. The molecule has 6 heteroatoms. The maximum Gasteiger partial charge on any atom is 0.298 e. The van der Waals surface area contributed by atoms with Crippen molar-refractivity contribution < 1.29 is 19.1 Å². The van der Waals surface area contributed by atoms with E-state index in [0.29, 0.717) is 29.0 Å². The standard InChI is InChI=1S/C28H22N2O4/c1-19-2-12-24(13-3-19)29-27(32)22-8-4-20(5-9-22)21-6-10-23(11-7-21)28(33)30-25-14-16-26(17-15-25)34-18-31/h2-18H,1H3,(H,29,32)(H,30,33). The largest absolute Gasteiger partial charge is 0.429 e. The number of hydrogen-bond acceptors (Lipinski definition) is 4. The van der Waals surface area contributed by atoms with Crippen LogP contribution in [0.4, 0.5) is 11.4 Å². The van der Waals surface area contributed by atoms with Gasteiger partial charge in [-0.1, -0.05) is 42.0 Å². The number of carbonyl (C=O) groups excluding carboxylic acids is 3. The summed E-state index contributed by atoms with van der Waals surface area (Å²) in [6.07, 6.45) is 0. The monoisotopic (exact) mass is 450 g/mol. The van der Waals surface area contributed by atoms with Gasteiger partial charge in [-0.3, -0.25) is 14.4 Å². The van der Waals surface area contributed by atoms with Crippen LogP contribution < -0.4 is 15.4 Å². The molecular formula is C28H22N2O4. The van der Waals surface area contributed by atoms with Gasteiger partial charge in [-0.15, -0.1) is 0 Å². The molecule has 0 heterocycles. The van der Waals surface area contributed by atoms with Crippen LogP contribution >= 0.6 is 0 Å². The second kappa shape index (κ2) is 10.3. The van der Waals surface area contributed by atoms with Gasteiger partial charge < -0.3 is 15.4 Å². The van der Waals surface area contributed by atoms with Crippen molar-refractivity contribution in [1.29, 1.82) is 0 Å². The van der Waals surface area contributed by atoms with E-state index in [9.17, 15) is 14.4 Å². The second-order valence-electron chi connectivity index (χ2n) is 7.67. The Kier molecular flexibility index (Phi) is 6.79. The van der Waals surface area contributed by atoms with Gasteiger partial charge in [0.2, 0.25) is 0 Å². The highest BCUT2D eigenvalue weighted by molar-refractivity contribution is 6.05. The topological polar surface area (TPSA) is 84.5 Å². The Morgan fingerprint density at radius 2 is 1.03 bits per heavy atom. The fourth-order valence-corrected chi connectivity index (χ4v) is 3.34. The highest BCUT2D eigenvalue weighted by Gasteiger charge is 2.09. The van der Waals surface area contributed by atoms with Gasteiger partial charge in [0.1, 0.15) is 5.75 Å². The fourth-order valence-electron chi connectivity index (χ4n) is 3.34. The summed E-state index contributed by atoms with van der Waals surface area (Å²) >= 11 is 0. The normalized spacial score (nSPS) is 10.3. The highest BCUT2D eigenvalue weighted by atomic mass is 16.5. The lowest BCUT2D eigenvalue weighted by Crippen LogP contribution is -2.12. The van der Waals surface area contributed by atoms with Crippen molar-refractivity contribution in [3.63, 3.8) is 0 Å². The Labute approximate surface area is 197 Å². The molecular weight excluding hydrogens is 428 g/mol. The van der Waals surface area contributed by atoms with Gasteiger partial charge in [-0.05, 0) is 78.7 Å². The predicted octanol–water partition coefficient (Wildman–Crippen LogP) is 5.70. The zero-order valence-corrected chi connectivity index (χ0v) is 18.4. The number of carbonyl (C=O) groups is 3. The van der Waals surface area contributed by atoms with Gasteiger partial charge in [-0.2, -0.15) is 0 Å². The van der Waals surface area contributed by atoms with E-state index in [0.717, 1.165) is 22.4 Å². The van der Waals surface area contributed by atoms with Crippen LogP contribution in [0, 0.1) is 6.92 Å². The van der Waals surface area contributed by atoms with Crippen LogP contribution in [-0.2, 0) is 4.79 Å². The van der Waals surface area contributed by atoms with E-state index in [4.69, 9.17) is 4.74 Å². The molecule has 2 amide bonds. The molecule has 0 fully saturated rings. The summed E-state index contributed by atoms with van der Waals surface area (Å²) in [5.41, 5.74) is 5.40. The predicted molar refractivity (Wildman–Crippen MR) is 132 cm³/mol. The molecule has 6 nitrogen and oxygen atoms in total. The first-order valence-corrected chi connectivity index (χ1v) is 10.6. The number of hydrogen-bond donors (Lipinski definition) is 2. The third-order valence-corrected chi connectivity index (χ3v) is 5.23. The minimum atomic E-state index is -0.251. The van der Waals surface area contributed by atoms with Gasteiger partial charge in [0, 0.05) is 22.5 Å². The van der Waals surface area contributed by atoms with E-state index in [1.165, 1.54) is 0 Å². The zero-order chi connectivity index (χ0) is 23.9. The molecule has 168 valence electrons. The molecule has 0 atom stereocenters. The quantitative estimate of drug-likeness (QED) is 0.354. The molecule has 34 heavy (non-hydrogen) atoms. The van der Waals surface area contributed by atoms with Crippen LogP contribution in [0.5, 0.6) is 5.75 Å². The van der Waals surface area contributed by atoms with Crippen LogP contribution in [0.2, 0.25) is 0 Å². The lowest BCUT2D eigenvalue weighted by Gasteiger charge is -2.08. The van der Waals surface area contributed by atoms with E-state index in [2.05, 4.69) is 10.6 Å². The van der Waals surface area contributed by atoms with E-state index in [-0.39, 0.29) is 11.8 Å². The van der Waals surface area contributed by atoms with Crippen LogP contribution in [-0.4, -0.2) is 18.3 Å². The smallest absolute Gasteiger partial charge is 0.298 e. The molecule has 2 N–H and O–H groups in total. The van der Waals surface area contributed by atoms with Gasteiger partial charge >= 0.3 is 0 Å². The van der Waals surface area contributed by atoms with Crippen LogP contribution in [0.25, 0.3) is 11.1 Å². The Morgan fingerprint density at radius 1 is 0.618 bits per heavy atom. The van der Waals surface area contributed by atoms with E-state index >= 15 is 0 Å². The maximum atomic E-state index is 12.5. The zero-order valence-electron chi connectivity index (χ0n) is 18.4. The van der Waals surface area contributed by atoms with Crippen molar-refractivity contribution in [2.45, 2.75) is 6.92 Å². The molecule has 0 radical (unpaired) electrons. The summed E-state index contributed by atoms with van der Waals surface area (Å²) in [5, 5.41) is 5.69. The first kappa shape index (κ1) is 22.5. The number of ether oxygens (including phenoxy) is 1. The van der Waals surface area contributed by atoms with Crippen molar-refractivity contribution in [3.05, 3.63) is 114 Å². The molecule has 4 rings (SSSR count). The lowest BCUT2D eigenvalue weighted by molar-refractivity contribution is -0.120. The Bertz CT molecular complexity index is 1290. The molecule has 0 saturated heterocycles. The Hall–Kier alpha value is -4.71. The number of aryl methyl sites for hydroxylation is 1. The van der Waals surface area contributed by atoms with Crippen molar-refractivity contribution in [2.75, 3.05) is 10.6 Å². The van der Waals surface area contributed by atoms with Crippen LogP contribution in [0.1, 0.15) is 26.3 Å². The number of rotatable bonds is 7. The van der Waals surface area contributed by atoms with Crippen LogP contribution in [0.3, 0.4) is 0 Å². The Morgan fingerprint density at radius 3 is 1.44 bits per heavy atom. The molecule has 0 unspecified atom stereocenters. The van der Waals surface area contributed by atoms with Crippen molar-refractivity contribution in [3.8, 4) is 16.9 Å². The maximum absolute atomic E-state index is 12.5. The summed E-state index contributed by atoms with van der Waals surface area (Å²) in [7, 11) is 0. The van der Waals surface area contributed by atoms with E-state index in [1.807, 2.05) is 55.5 Å². The Balaban J connectivity index is 1.39. The van der Waals surface area contributed by atoms with Crippen molar-refractivity contribution in [2.24, 2.45) is 0 Å². The summed E-state index contributed by atoms with van der Waals surface area (Å²) in [4.78, 5) is 35.4. The van der Waals surface area contributed by atoms with Crippen molar-refractivity contribution in [1.82, 2.24) is 0 Å². The van der Waals surface area contributed by atoms with Gasteiger partial charge in [0.25, 0.3) is 18.3 Å².